The third-order valence-electron chi connectivity index (χ3n) is 3.08. The molecule has 1 rings (SSSR count). The topological polar surface area (TPSA) is 95.7 Å². The van der Waals surface area contributed by atoms with Crippen molar-refractivity contribution in [2.45, 2.75) is 26.7 Å². The second-order valence-electron chi connectivity index (χ2n) is 4.75. The number of carbonyl (C=O) groups excluding carboxylic acids is 2. The van der Waals surface area contributed by atoms with Gasteiger partial charge in [0.25, 0.3) is 5.69 Å². The van der Waals surface area contributed by atoms with Crippen LogP contribution in [0.15, 0.2) is 24.8 Å². The van der Waals surface area contributed by atoms with Crippen molar-refractivity contribution < 1.29 is 24.0 Å². The molecular formula is C16H19NO6. The molecule has 1 aromatic rings. The number of nitro benzene ring substituents is 1. The first kappa shape index (κ1) is 18.3. The summed E-state index contributed by atoms with van der Waals surface area (Å²) in [5.74, 6) is -3.25. The molecule has 0 heterocycles. The Morgan fingerprint density at radius 1 is 1.22 bits per heavy atom. The zero-order chi connectivity index (χ0) is 17.6. The van der Waals surface area contributed by atoms with E-state index in [9.17, 15) is 19.7 Å². The lowest BCUT2D eigenvalue weighted by Gasteiger charge is -2.15. The van der Waals surface area contributed by atoms with Gasteiger partial charge in [-0.25, -0.2) is 0 Å². The smallest absolute Gasteiger partial charge is 0.325 e. The second-order valence-corrected chi connectivity index (χ2v) is 4.75. The second kappa shape index (κ2) is 8.07. The zero-order valence-corrected chi connectivity index (χ0v) is 13.3. The van der Waals surface area contributed by atoms with E-state index in [1.807, 2.05) is 0 Å². The fourth-order valence-electron chi connectivity index (χ4n) is 2.01. The van der Waals surface area contributed by atoms with Crippen molar-refractivity contribution in [3.8, 4) is 0 Å². The Morgan fingerprint density at radius 2 is 1.74 bits per heavy atom. The van der Waals surface area contributed by atoms with Gasteiger partial charge in [-0.1, -0.05) is 24.3 Å². The minimum absolute atomic E-state index is 0.0480. The average molecular weight is 321 g/mol. The molecule has 0 N–H and O–H groups in total. The van der Waals surface area contributed by atoms with Gasteiger partial charge in [0.1, 0.15) is 0 Å². The number of hydrogen-bond donors (Lipinski definition) is 0. The van der Waals surface area contributed by atoms with E-state index in [0.717, 1.165) is 0 Å². The Kier molecular flexibility index (Phi) is 6.44. The molecule has 0 saturated heterocycles. The molecular weight excluding hydrogens is 302 g/mol. The molecule has 0 bridgehead atoms. The predicted molar refractivity (Wildman–Crippen MR) is 83.8 cm³/mol. The maximum Gasteiger partial charge on any atom is 0.325 e. The molecule has 124 valence electrons. The van der Waals surface area contributed by atoms with Gasteiger partial charge < -0.3 is 9.47 Å². The van der Waals surface area contributed by atoms with Gasteiger partial charge in [-0.15, -0.1) is 0 Å². The van der Waals surface area contributed by atoms with Gasteiger partial charge in [0.05, 0.1) is 23.7 Å². The Morgan fingerprint density at radius 3 is 2.13 bits per heavy atom. The highest BCUT2D eigenvalue weighted by Gasteiger charge is 2.36. The van der Waals surface area contributed by atoms with Crippen molar-refractivity contribution in [1.29, 1.82) is 0 Å². The van der Waals surface area contributed by atoms with Gasteiger partial charge in [-0.2, -0.15) is 0 Å². The number of esters is 2. The van der Waals surface area contributed by atoms with Gasteiger partial charge in [-0.3, -0.25) is 19.7 Å². The summed E-state index contributed by atoms with van der Waals surface area (Å²) in [6, 6.07) is 4.21. The van der Waals surface area contributed by atoms with Crippen LogP contribution in [0, 0.1) is 10.1 Å². The molecule has 1 aromatic carbocycles. The van der Waals surface area contributed by atoms with E-state index in [0.29, 0.717) is 11.1 Å². The Hall–Kier alpha value is -2.70. The standard InChI is InChI=1S/C16H19NO6/c1-5-22-15(18)14(16(19)23-6-2)12-8-7-11(10(3)4)9-13(12)17(20)21/h7-9,14H,3,5-6H2,1-2,4H3. The van der Waals surface area contributed by atoms with Crippen LogP contribution in [0.4, 0.5) is 5.69 Å². The van der Waals surface area contributed by atoms with E-state index in [4.69, 9.17) is 9.47 Å². The molecule has 23 heavy (non-hydrogen) atoms. The maximum absolute atomic E-state index is 12.1. The Balaban J connectivity index is 3.45. The van der Waals surface area contributed by atoms with E-state index >= 15 is 0 Å². The molecule has 0 amide bonds. The largest absolute Gasteiger partial charge is 0.465 e. The van der Waals surface area contributed by atoms with Crippen LogP contribution in [0.5, 0.6) is 0 Å². The highest BCUT2D eigenvalue weighted by atomic mass is 16.6. The number of rotatable bonds is 7. The number of nitro groups is 1. The normalized spacial score (nSPS) is 10.3. The van der Waals surface area contributed by atoms with Gasteiger partial charge >= 0.3 is 11.9 Å². The lowest BCUT2D eigenvalue weighted by atomic mass is 9.94. The number of allylic oxidation sites excluding steroid dienone is 1. The zero-order valence-electron chi connectivity index (χ0n) is 13.3. The summed E-state index contributed by atoms with van der Waals surface area (Å²) < 4.78 is 9.72. The van der Waals surface area contributed by atoms with E-state index in [1.54, 1.807) is 26.8 Å². The number of hydrogen-bond acceptors (Lipinski definition) is 6. The Bertz CT molecular complexity index is 619. The number of benzene rings is 1. The summed E-state index contributed by atoms with van der Waals surface area (Å²) in [5.41, 5.74) is 0.767. The van der Waals surface area contributed by atoms with Crippen molar-refractivity contribution in [2.75, 3.05) is 13.2 Å². The van der Waals surface area contributed by atoms with Gasteiger partial charge in [0.15, 0.2) is 5.92 Å². The predicted octanol–water partition coefficient (Wildman–Crippen LogP) is 2.84. The van der Waals surface area contributed by atoms with Crippen molar-refractivity contribution >= 4 is 23.2 Å². The van der Waals surface area contributed by atoms with Gasteiger partial charge in [0.2, 0.25) is 0 Å². The first-order chi connectivity index (χ1) is 10.8. The van der Waals surface area contributed by atoms with Gasteiger partial charge in [-0.05, 0) is 26.3 Å². The van der Waals surface area contributed by atoms with Crippen LogP contribution >= 0.6 is 0 Å². The number of nitrogens with zero attached hydrogens (tertiary/aromatic N) is 1. The fourth-order valence-corrected chi connectivity index (χ4v) is 2.01. The first-order valence-corrected chi connectivity index (χ1v) is 7.10. The summed E-state index contributed by atoms with van der Waals surface area (Å²) in [6.07, 6.45) is 0. The monoisotopic (exact) mass is 321 g/mol. The third-order valence-corrected chi connectivity index (χ3v) is 3.08. The third kappa shape index (κ3) is 4.38. The van der Waals surface area contributed by atoms with E-state index in [-0.39, 0.29) is 24.5 Å². The molecule has 0 spiro atoms. The molecule has 0 radical (unpaired) electrons. The highest BCUT2D eigenvalue weighted by molar-refractivity contribution is 6.01. The lowest BCUT2D eigenvalue weighted by Crippen LogP contribution is -2.27. The molecule has 0 saturated carbocycles. The number of carbonyl (C=O) groups is 2. The molecule has 0 aliphatic carbocycles. The molecule has 0 atom stereocenters. The summed E-state index contributed by atoms with van der Waals surface area (Å²) in [5, 5.41) is 11.3. The van der Waals surface area contributed by atoms with Crippen LogP contribution in [0.3, 0.4) is 0 Å². The van der Waals surface area contributed by atoms with E-state index < -0.39 is 22.8 Å². The van der Waals surface area contributed by atoms with Crippen molar-refractivity contribution in [3.05, 3.63) is 46.0 Å². The van der Waals surface area contributed by atoms with Crippen LogP contribution in [0.2, 0.25) is 0 Å². The molecule has 0 aliphatic rings. The Labute approximate surface area is 134 Å². The van der Waals surface area contributed by atoms with Gasteiger partial charge in [0, 0.05) is 6.07 Å². The summed E-state index contributed by atoms with van der Waals surface area (Å²) >= 11 is 0. The van der Waals surface area contributed by atoms with Crippen molar-refractivity contribution in [2.24, 2.45) is 0 Å². The molecule has 0 aromatic heterocycles. The SMILES string of the molecule is C=C(C)c1ccc(C(C(=O)OCC)C(=O)OCC)c([N+](=O)[O-])c1. The lowest BCUT2D eigenvalue weighted by molar-refractivity contribution is -0.385. The number of ether oxygens (including phenoxy) is 2. The highest BCUT2D eigenvalue weighted by Crippen LogP contribution is 2.31. The summed E-state index contributed by atoms with van der Waals surface area (Å²) in [6.45, 7) is 8.68. The molecule has 7 nitrogen and oxygen atoms in total. The molecule has 7 heteroatoms. The van der Waals surface area contributed by atoms with Crippen LogP contribution in [-0.4, -0.2) is 30.1 Å². The molecule has 0 fully saturated rings. The minimum Gasteiger partial charge on any atom is -0.465 e. The molecule has 0 unspecified atom stereocenters. The van der Waals surface area contributed by atoms with Crippen LogP contribution in [0.25, 0.3) is 5.57 Å². The first-order valence-electron chi connectivity index (χ1n) is 7.10. The fraction of sp³-hybridized carbons (Fsp3) is 0.375. The van der Waals surface area contributed by atoms with Crippen LogP contribution in [0.1, 0.15) is 37.8 Å². The van der Waals surface area contributed by atoms with Crippen molar-refractivity contribution in [1.82, 2.24) is 0 Å². The quantitative estimate of drug-likeness (QED) is 0.331. The van der Waals surface area contributed by atoms with Crippen LogP contribution < -0.4 is 0 Å². The van der Waals surface area contributed by atoms with E-state index in [2.05, 4.69) is 6.58 Å². The minimum atomic E-state index is -1.49. The maximum atomic E-state index is 12.1. The average Bonchev–Trinajstić information content (AvgIpc) is 2.47. The van der Waals surface area contributed by atoms with Crippen LogP contribution in [-0.2, 0) is 19.1 Å². The van der Waals surface area contributed by atoms with E-state index in [1.165, 1.54) is 12.1 Å². The summed E-state index contributed by atoms with van der Waals surface area (Å²) in [7, 11) is 0. The van der Waals surface area contributed by atoms with Crippen molar-refractivity contribution in [3.63, 3.8) is 0 Å². The molecule has 0 aliphatic heterocycles. The summed E-state index contributed by atoms with van der Waals surface area (Å²) in [4.78, 5) is 34.9.